The van der Waals surface area contributed by atoms with E-state index in [9.17, 15) is 4.79 Å². The molecule has 0 N–H and O–H groups in total. The van der Waals surface area contributed by atoms with E-state index in [1.165, 1.54) is 11.8 Å². The number of benzene rings is 1. The Labute approximate surface area is 118 Å². The van der Waals surface area contributed by atoms with Gasteiger partial charge in [0.2, 0.25) is 0 Å². The first-order chi connectivity index (χ1) is 8.16. The first-order valence-electron chi connectivity index (χ1n) is 4.81. The van der Waals surface area contributed by atoms with Crippen LogP contribution in [0, 0.1) is 0 Å². The van der Waals surface area contributed by atoms with Gasteiger partial charge in [-0.2, -0.15) is 0 Å². The molecule has 0 bridgehead atoms. The number of halogens is 2. The van der Waals surface area contributed by atoms with Crippen LogP contribution in [0.5, 0.6) is 0 Å². The fraction of sp³-hybridized carbons (Fsp3) is 0.0833. The zero-order valence-electron chi connectivity index (χ0n) is 8.65. The van der Waals surface area contributed by atoms with Crippen molar-refractivity contribution in [2.45, 2.75) is 4.21 Å². The summed E-state index contributed by atoms with van der Waals surface area (Å²) in [5.41, 5.74) is 0.489. The monoisotopic (exact) mass is 302 g/mol. The van der Waals surface area contributed by atoms with Crippen molar-refractivity contribution in [1.82, 2.24) is 0 Å². The number of hydrogen-bond donors (Lipinski definition) is 0. The highest BCUT2D eigenvalue weighted by molar-refractivity contribution is 8.01. The van der Waals surface area contributed by atoms with Crippen LogP contribution in [0.1, 0.15) is 10.4 Å². The first-order valence-corrected chi connectivity index (χ1v) is 7.43. The zero-order valence-corrected chi connectivity index (χ0v) is 11.8. The molecule has 0 radical (unpaired) electrons. The molecule has 1 aromatic carbocycles. The summed E-state index contributed by atoms with van der Waals surface area (Å²) in [5.74, 6) is 0.372. The molecular formula is C12H8Cl2OS2. The SMILES string of the molecule is O=C(CSc1cccs1)c1cc(Cl)ccc1Cl. The molecule has 0 spiro atoms. The molecular weight excluding hydrogens is 295 g/mol. The van der Waals surface area contributed by atoms with Gasteiger partial charge < -0.3 is 0 Å². The number of Topliss-reactive ketones (excluding diaryl/α,β-unsaturated/α-hetero) is 1. The number of carbonyl (C=O) groups excluding carboxylic acids is 1. The van der Waals surface area contributed by atoms with Gasteiger partial charge in [-0.1, -0.05) is 29.3 Å². The van der Waals surface area contributed by atoms with E-state index in [4.69, 9.17) is 23.2 Å². The minimum Gasteiger partial charge on any atom is -0.293 e. The van der Waals surface area contributed by atoms with Crippen molar-refractivity contribution in [3.63, 3.8) is 0 Å². The van der Waals surface area contributed by atoms with E-state index in [1.54, 1.807) is 29.5 Å². The van der Waals surface area contributed by atoms with Crippen molar-refractivity contribution in [2.75, 3.05) is 5.75 Å². The van der Waals surface area contributed by atoms with E-state index in [-0.39, 0.29) is 5.78 Å². The van der Waals surface area contributed by atoms with Gasteiger partial charge in [-0.05, 0) is 29.6 Å². The Kier molecular flexibility index (Phi) is 4.51. The van der Waals surface area contributed by atoms with Gasteiger partial charge in [-0.3, -0.25) is 4.79 Å². The molecule has 5 heteroatoms. The Balaban J connectivity index is 2.07. The molecule has 1 aromatic heterocycles. The van der Waals surface area contributed by atoms with Crippen LogP contribution >= 0.6 is 46.3 Å². The summed E-state index contributed by atoms with van der Waals surface area (Å²) >= 11 is 14.9. The summed E-state index contributed by atoms with van der Waals surface area (Å²) < 4.78 is 1.12. The summed E-state index contributed by atoms with van der Waals surface area (Å²) in [6.07, 6.45) is 0. The second-order valence-corrected chi connectivity index (χ2v) is 6.34. The zero-order chi connectivity index (χ0) is 12.3. The molecule has 88 valence electrons. The minimum atomic E-state index is -0.00380. The maximum atomic E-state index is 12.0. The van der Waals surface area contributed by atoms with Crippen molar-refractivity contribution < 1.29 is 4.79 Å². The lowest BCUT2D eigenvalue weighted by Crippen LogP contribution is -2.02. The first kappa shape index (κ1) is 13.0. The highest BCUT2D eigenvalue weighted by Gasteiger charge is 2.11. The summed E-state index contributed by atoms with van der Waals surface area (Å²) in [4.78, 5) is 12.0. The van der Waals surface area contributed by atoms with Crippen LogP contribution in [0.2, 0.25) is 10.0 Å². The number of hydrogen-bond acceptors (Lipinski definition) is 3. The Bertz CT molecular complexity index is 523. The van der Waals surface area contributed by atoms with Gasteiger partial charge in [0.15, 0.2) is 5.78 Å². The van der Waals surface area contributed by atoms with Crippen LogP contribution in [-0.2, 0) is 0 Å². The fourth-order valence-electron chi connectivity index (χ4n) is 1.27. The number of carbonyl (C=O) groups is 1. The number of ketones is 1. The fourth-order valence-corrected chi connectivity index (χ4v) is 3.33. The molecule has 0 unspecified atom stereocenters. The lowest BCUT2D eigenvalue weighted by Gasteiger charge is -2.03. The highest BCUT2D eigenvalue weighted by Crippen LogP contribution is 2.26. The summed E-state index contributed by atoms with van der Waals surface area (Å²) in [5, 5.41) is 2.96. The van der Waals surface area contributed by atoms with Gasteiger partial charge in [0.25, 0.3) is 0 Å². The van der Waals surface area contributed by atoms with Gasteiger partial charge in [0, 0.05) is 10.6 Å². The molecule has 0 fully saturated rings. The summed E-state index contributed by atoms with van der Waals surface area (Å²) in [6.45, 7) is 0. The standard InChI is InChI=1S/C12H8Cl2OS2/c13-8-3-4-10(14)9(6-8)11(15)7-17-12-2-1-5-16-12/h1-6H,7H2. The summed E-state index contributed by atoms with van der Waals surface area (Å²) in [7, 11) is 0. The van der Waals surface area contributed by atoms with Gasteiger partial charge >= 0.3 is 0 Å². The van der Waals surface area contributed by atoms with Crippen LogP contribution in [0.3, 0.4) is 0 Å². The van der Waals surface area contributed by atoms with Gasteiger partial charge in [0.05, 0.1) is 15.0 Å². The minimum absolute atomic E-state index is 0.00380. The Morgan fingerprint density at radius 3 is 2.82 bits per heavy atom. The number of thiophene rings is 1. The molecule has 2 rings (SSSR count). The molecule has 1 nitrogen and oxygen atoms in total. The second kappa shape index (κ2) is 5.91. The van der Waals surface area contributed by atoms with Crippen LogP contribution in [-0.4, -0.2) is 11.5 Å². The predicted molar refractivity (Wildman–Crippen MR) is 75.8 cm³/mol. The van der Waals surface area contributed by atoms with Crippen LogP contribution in [0.15, 0.2) is 39.9 Å². The molecule has 0 saturated heterocycles. The van der Waals surface area contributed by atoms with E-state index in [2.05, 4.69) is 0 Å². The molecule has 0 atom stereocenters. The maximum Gasteiger partial charge on any atom is 0.174 e. The highest BCUT2D eigenvalue weighted by atomic mass is 35.5. The smallest absolute Gasteiger partial charge is 0.174 e. The van der Waals surface area contributed by atoms with Crippen molar-refractivity contribution in [2.24, 2.45) is 0 Å². The van der Waals surface area contributed by atoms with E-state index >= 15 is 0 Å². The molecule has 0 saturated carbocycles. The van der Waals surface area contributed by atoms with Crippen molar-refractivity contribution in [1.29, 1.82) is 0 Å². The maximum absolute atomic E-state index is 12.0. The molecule has 0 aliphatic heterocycles. The second-order valence-electron chi connectivity index (χ2n) is 3.27. The van der Waals surface area contributed by atoms with Crippen LogP contribution in [0.25, 0.3) is 0 Å². The van der Waals surface area contributed by atoms with E-state index in [1.807, 2.05) is 17.5 Å². The Hall–Kier alpha value is -0.480. The normalized spacial score (nSPS) is 10.5. The molecule has 0 aliphatic carbocycles. The quantitative estimate of drug-likeness (QED) is 0.582. The summed E-state index contributed by atoms with van der Waals surface area (Å²) in [6, 6.07) is 8.88. The molecule has 2 aromatic rings. The molecule has 17 heavy (non-hydrogen) atoms. The number of thioether (sulfide) groups is 1. The van der Waals surface area contributed by atoms with Crippen LogP contribution < -0.4 is 0 Å². The van der Waals surface area contributed by atoms with Gasteiger partial charge in [-0.15, -0.1) is 23.1 Å². The lowest BCUT2D eigenvalue weighted by molar-refractivity contribution is 0.102. The van der Waals surface area contributed by atoms with Crippen molar-refractivity contribution >= 4 is 52.1 Å². The Morgan fingerprint density at radius 2 is 2.12 bits per heavy atom. The lowest BCUT2D eigenvalue weighted by atomic mass is 10.1. The van der Waals surface area contributed by atoms with E-state index in [0.717, 1.165) is 4.21 Å². The van der Waals surface area contributed by atoms with E-state index < -0.39 is 0 Å². The number of rotatable bonds is 4. The predicted octanol–water partition coefficient (Wildman–Crippen LogP) is 5.03. The average molecular weight is 303 g/mol. The van der Waals surface area contributed by atoms with Crippen LogP contribution in [0.4, 0.5) is 0 Å². The van der Waals surface area contributed by atoms with Crippen molar-refractivity contribution in [3.8, 4) is 0 Å². The Morgan fingerprint density at radius 1 is 1.29 bits per heavy atom. The van der Waals surface area contributed by atoms with Crippen molar-refractivity contribution in [3.05, 3.63) is 51.3 Å². The topological polar surface area (TPSA) is 17.1 Å². The third-order valence-corrected chi connectivity index (χ3v) is 4.77. The van der Waals surface area contributed by atoms with Gasteiger partial charge in [-0.25, -0.2) is 0 Å². The average Bonchev–Trinajstić information content (AvgIpc) is 2.82. The largest absolute Gasteiger partial charge is 0.293 e. The van der Waals surface area contributed by atoms with Gasteiger partial charge in [0.1, 0.15) is 0 Å². The molecule has 0 amide bonds. The third-order valence-electron chi connectivity index (χ3n) is 2.07. The molecule has 0 aliphatic rings. The molecule has 1 heterocycles. The third kappa shape index (κ3) is 3.49. The van der Waals surface area contributed by atoms with E-state index in [0.29, 0.717) is 21.4 Å².